The van der Waals surface area contributed by atoms with Crippen molar-refractivity contribution in [3.05, 3.63) is 65.2 Å². The molecule has 0 amide bonds. The van der Waals surface area contributed by atoms with E-state index in [1.807, 2.05) is 0 Å². The SMILES string of the molecule is CNC(c1cccc(S(C)(=O)=O)c1)c1ccc(F)cc1F. The van der Waals surface area contributed by atoms with Gasteiger partial charge in [-0.15, -0.1) is 0 Å². The zero-order valence-electron chi connectivity index (χ0n) is 11.6. The van der Waals surface area contributed by atoms with Crippen LogP contribution in [0.25, 0.3) is 0 Å². The highest BCUT2D eigenvalue weighted by molar-refractivity contribution is 7.90. The molecule has 112 valence electrons. The number of sulfone groups is 1. The lowest BCUT2D eigenvalue weighted by atomic mass is 9.98. The standard InChI is InChI=1S/C15H15F2NO2S/c1-18-15(13-7-6-11(16)9-14(13)17)10-4-3-5-12(8-10)21(2,19)20/h3-9,15,18H,1-2H3. The van der Waals surface area contributed by atoms with Crippen molar-refractivity contribution in [2.45, 2.75) is 10.9 Å². The predicted molar refractivity (Wildman–Crippen MR) is 76.8 cm³/mol. The fourth-order valence-electron chi connectivity index (χ4n) is 2.16. The average molecular weight is 311 g/mol. The van der Waals surface area contributed by atoms with Gasteiger partial charge in [0.15, 0.2) is 9.84 Å². The smallest absolute Gasteiger partial charge is 0.175 e. The first-order valence-corrected chi connectivity index (χ1v) is 8.14. The van der Waals surface area contributed by atoms with Gasteiger partial charge in [-0.05, 0) is 30.8 Å². The molecule has 3 nitrogen and oxygen atoms in total. The van der Waals surface area contributed by atoms with Crippen LogP contribution in [0.3, 0.4) is 0 Å². The van der Waals surface area contributed by atoms with Gasteiger partial charge in [0.25, 0.3) is 0 Å². The minimum Gasteiger partial charge on any atom is -0.309 e. The Balaban J connectivity index is 2.51. The van der Waals surface area contributed by atoms with Crippen molar-refractivity contribution < 1.29 is 17.2 Å². The van der Waals surface area contributed by atoms with Crippen molar-refractivity contribution in [3.8, 4) is 0 Å². The van der Waals surface area contributed by atoms with Crippen LogP contribution in [0.2, 0.25) is 0 Å². The average Bonchev–Trinajstić information content (AvgIpc) is 2.41. The maximum absolute atomic E-state index is 13.9. The number of rotatable bonds is 4. The van der Waals surface area contributed by atoms with E-state index < -0.39 is 27.5 Å². The largest absolute Gasteiger partial charge is 0.309 e. The van der Waals surface area contributed by atoms with Crippen molar-refractivity contribution in [2.75, 3.05) is 13.3 Å². The summed E-state index contributed by atoms with van der Waals surface area (Å²) in [6.07, 6.45) is 1.11. The molecule has 0 bridgehead atoms. The number of benzene rings is 2. The third kappa shape index (κ3) is 3.46. The molecule has 1 N–H and O–H groups in total. The highest BCUT2D eigenvalue weighted by atomic mass is 32.2. The second kappa shape index (κ2) is 5.91. The van der Waals surface area contributed by atoms with Gasteiger partial charge in [0.05, 0.1) is 10.9 Å². The van der Waals surface area contributed by atoms with Crippen LogP contribution in [0, 0.1) is 11.6 Å². The Morgan fingerprint density at radius 3 is 2.38 bits per heavy atom. The molecule has 21 heavy (non-hydrogen) atoms. The fraction of sp³-hybridized carbons (Fsp3) is 0.200. The molecule has 0 aromatic heterocycles. The minimum absolute atomic E-state index is 0.155. The molecule has 0 saturated carbocycles. The van der Waals surface area contributed by atoms with Crippen LogP contribution in [-0.2, 0) is 9.84 Å². The van der Waals surface area contributed by atoms with E-state index in [0.717, 1.165) is 12.3 Å². The molecule has 1 atom stereocenters. The summed E-state index contributed by atoms with van der Waals surface area (Å²) in [4.78, 5) is 0.155. The van der Waals surface area contributed by atoms with Crippen molar-refractivity contribution in [2.24, 2.45) is 0 Å². The first-order valence-electron chi connectivity index (χ1n) is 6.25. The monoisotopic (exact) mass is 311 g/mol. The molecule has 0 fully saturated rings. The maximum atomic E-state index is 13.9. The van der Waals surface area contributed by atoms with Gasteiger partial charge in [0.1, 0.15) is 11.6 Å². The molecule has 2 aromatic rings. The van der Waals surface area contributed by atoms with Gasteiger partial charge in [0.2, 0.25) is 0 Å². The van der Waals surface area contributed by atoms with Crippen molar-refractivity contribution in [1.82, 2.24) is 5.32 Å². The Morgan fingerprint density at radius 1 is 1.10 bits per heavy atom. The topological polar surface area (TPSA) is 46.2 Å². The number of nitrogens with one attached hydrogen (secondary N) is 1. The van der Waals surface area contributed by atoms with E-state index in [0.29, 0.717) is 5.56 Å². The molecule has 2 aromatic carbocycles. The van der Waals surface area contributed by atoms with E-state index in [1.165, 1.54) is 24.3 Å². The summed E-state index contributed by atoms with van der Waals surface area (Å²) in [5.41, 5.74) is 0.843. The summed E-state index contributed by atoms with van der Waals surface area (Å²) in [5, 5.41) is 2.92. The molecule has 0 radical (unpaired) electrons. The molecule has 2 rings (SSSR count). The first kappa shape index (κ1) is 15.6. The summed E-state index contributed by atoms with van der Waals surface area (Å²) in [5.74, 6) is -1.34. The number of halogens is 2. The van der Waals surface area contributed by atoms with E-state index in [1.54, 1.807) is 19.2 Å². The van der Waals surface area contributed by atoms with Gasteiger partial charge in [-0.25, -0.2) is 17.2 Å². The molecular weight excluding hydrogens is 296 g/mol. The Morgan fingerprint density at radius 2 is 1.81 bits per heavy atom. The molecule has 6 heteroatoms. The summed E-state index contributed by atoms with van der Waals surface area (Å²) in [7, 11) is -1.72. The van der Waals surface area contributed by atoms with Crippen molar-refractivity contribution in [3.63, 3.8) is 0 Å². The van der Waals surface area contributed by atoms with Crippen LogP contribution >= 0.6 is 0 Å². The van der Waals surface area contributed by atoms with Crippen LogP contribution in [-0.4, -0.2) is 21.7 Å². The Hall–Kier alpha value is -1.79. The van der Waals surface area contributed by atoms with Crippen LogP contribution in [0.15, 0.2) is 47.4 Å². The highest BCUT2D eigenvalue weighted by Crippen LogP contribution is 2.26. The van der Waals surface area contributed by atoms with E-state index in [2.05, 4.69) is 5.32 Å². The molecule has 0 aliphatic rings. The lowest BCUT2D eigenvalue weighted by molar-refractivity contribution is 0.551. The summed E-state index contributed by atoms with van der Waals surface area (Å²) >= 11 is 0. The zero-order valence-corrected chi connectivity index (χ0v) is 12.4. The lowest BCUT2D eigenvalue weighted by Crippen LogP contribution is -2.19. The third-order valence-corrected chi connectivity index (χ3v) is 4.29. The Labute approximate surface area is 122 Å². The van der Waals surface area contributed by atoms with Crippen LogP contribution in [0.5, 0.6) is 0 Å². The predicted octanol–water partition coefficient (Wildman–Crippen LogP) is 2.68. The lowest BCUT2D eigenvalue weighted by Gasteiger charge is -2.18. The Kier molecular flexibility index (Phi) is 4.39. The maximum Gasteiger partial charge on any atom is 0.175 e. The van der Waals surface area contributed by atoms with Crippen molar-refractivity contribution >= 4 is 9.84 Å². The van der Waals surface area contributed by atoms with Gasteiger partial charge in [0, 0.05) is 17.9 Å². The quantitative estimate of drug-likeness (QED) is 0.944. The summed E-state index contributed by atoms with van der Waals surface area (Å²) in [6.45, 7) is 0. The number of hydrogen-bond donors (Lipinski definition) is 1. The molecule has 0 aliphatic heterocycles. The molecular formula is C15H15F2NO2S. The van der Waals surface area contributed by atoms with Gasteiger partial charge in [-0.1, -0.05) is 18.2 Å². The molecule has 0 spiro atoms. The van der Waals surface area contributed by atoms with E-state index in [-0.39, 0.29) is 10.5 Å². The number of hydrogen-bond acceptors (Lipinski definition) is 3. The van der Waals surface area contributed by atoms with Gasteiger partial charge in [-0.3, -0.25) is 0 Å². The van der Waals surface area contributed by atoms with E-state index in [4.69, 9.17) is 0 Å². The van der Waals surface area contributed by atoms with Crippen LogP contribution in [0.4, 0.5) is 8.78 Å². The summed E-state index contributed by atoms with van der Waals surface area (Å²) in [6, 6.07) is 9.01. The summed E-state index contributed by atoms with van der Waals surface area (Å²) < 4.78 is 50.1. The van der Waals surface area contributed by atoms with Crippen molar-refractivity contribution in [1.29, 1.82) is 0 Å². The second-order valence-electron chi connectivity index (χ2n) is 4.73. The molecule has 1 unspecified atom stereocenters. The minimum atomic E-state index is -3.35. The van der Waals surface area contributed by atoms with E-state index in [9.17, 15) is 17.2 Å². The third-order valence-electron chi connectivity index (χ3n) is 3.18. The van der Waals surface area contributed by atoms with E-state index >= 15 is 0 Å². The highest BCUT2D eigenvalue weighted by Gasteiger charge is 2.18. The van der Waals surface area contributed by atoms with Crippen LogP contribution < -0.4 is 5.32 Å². The zero-order chi connectivity index (χ0) is 15.6. The Bertz CT molecular complexity index is 760. The normalized spacial score (nSPS) is 13.1. The molecule has 0 heterocycles. The first-order chi connectivity index (χ1) is 9.82. The van der Waals surface area contributed by atoms with Crippen LogP contribution in [0.1, 0.15) is 17.2 Å². The van der Waals surface area contributed by atoms with Gasteiger partial charge >= 0.3 is 0 Å². The molecule has 0 saturated heterocycles. The van der Waals surface area contributed by atoms with Gasteiger partial charge < -0.3 is 5.32 Å². The fourth-order valence-corrected chi connectivity index (χ4v) is 2.84. The van der Waals surface area contributed by atoms with Gasteiger partial charge in [-0.2, -0.15) is 0 Å². The second-order valence-corrected chi connectivity index (χ2v) is 6.75. The molecule has 0 aliphatic carbocycles.